The molecule has 166 valence electrons. The van der Waals surface area contributed by atoms with Crippen molar-refractivity contribution in [3.05, 3.63) is 65.7 Å². The van der Waals surface area contributed by atoms with Crippen LogP contribution >= 0.6 is 0 Å². The van der Waals surface area contributed by atoms with E-state index in [0.717, 1.165) is 16.8 Å². The van der Waals surface area contributed by atoms with Crippen LogP contribution in [0.15, 0.2) is 54.6 Å². The molecular weight excluding hydrogens is 392 g/mol. The molecule has 3 rings (SSSR count). The third-order valence-corrected chi connectivity index (χ3v) is 4.85. The molecule has 0 aliphatic carbocycles. The lowest BCUT2D eigenvalue weighted by molar-refractivity contribution is 0.0523. The lowest BCUT2D eigenvalue weighted by atomic mass is 9.90. The molecule has 6 heteroatoms. The summed E-state index contributed by atoms with van der Waals surface area (Å²) >= 11 is 0. The predicted octanol–water partition coefficient (Wildman–Crippen LogP) is 5.79. The Morgan fingerprint density at radius 1 is 0.871 bits per heavy atom. The summed E-state index contributed by atoms with van der Waals surface area (Å²) in [5.41, 5.74) is 1.54. The van der Waals surface area contributed by atoms with Gasteiger partial charge >= 0.3 is 12.2 Å². The monoisotopic (exact) mass is 424 g/mol. The number of hydrogen-bond acceptors (Lipinski definition) is 4. The Hall–Kier alpha value is -3.02. The van der Waals surface area contributed by atoms with Crippen LogP contribution in [-0.2, 0) is 9.47 Å². The first-order valence-corrected chi connectivity index (χ1v) is 10.6. The molecule has 0 aromatic heterocycles. The Balaban J connectivity index is 1.98. The number of ether oxygens (including phenoxy) is 2. The molecule has 0 fully saturated rings. The highest BCUT2D eigenvalue weighted by Crippen LogP contribution is 2.49. The Morgan fingerprint density at radius 3 is 2.06 bits per heavy atom. The van der Waals surface area contributed by atoms with Crippen LogP contribution in [0.1, 0.15) is 64.6 Å². The Bertz CT molecular complexity index is 929. The number of benzene rings is 2. The van der Waals surface area contributed by atoms with Crippen LogP contribution in [0.3, 0.4) is 0 Å². The van der Waals surface area contributed by atoms with Crippen molar-refractivity contribution in [2.24, 2.45) is 0 Å². The molecule has 0 spiro atoms. The number of para-hydroxylation sites is 1. The first-order chi connectivity index (χ1) is 14.5. The molecule has 2 atom stereocenters. The van der Waals surface area contributed by atoms with Crippen molar-refractivity contribution in [2.45, 2.75) is 64.7 Å². The number of carbonyl (C=O) groups is 2. The van der Waals surface area contributed by atoms with Crippen LogP contribution in [0.5, 0.6) is 0 Å². The second kappa shape index (κ2) is 8.61. The molecule has 1 heterocycles. The summed E-state index contributed by atoms with van der Waals surface area (Å²) in [6.45, 7) is 11.4. The maximum atomic E-state index is 13.3. The molecule has 1 aliphatic heterocycles. The molecular formula is C25H32N2O4. The number of amides is 2. The second-order valence-corrected chi connectivity index (χ2v) is 9.75. The van der Waals surface area contributed by atoms with Gasteiger partial charge in [0.2, 0.25) is 0 Å². The zero-order valence-electron chi connectivity index (χ0n) is 19.1. The van der Waals surface area contributed by atoms with Crippen molar-refractivity contribution < 1.29 is 19.1 Å². The van der Waals surface area contributed by atoms with Crippen LogP contribution in [0.25, 0.3) is 0 Å². The maximum absolute atomic E-state index is 13.3. The van der Waals surface area contributed by atoms with E-state index in [1.807, 2.05) is 96.1 Å². The Morgan fingerprint density at radius 2 is 1.45 bits per heavy atom. The summed E-state index contributed by atoms with van der Waals surface area (Å²) in [7, 11) is 0. The van der Waals surface area contributed by atoms with Gasteiger partial charge in [0, 0.05) is 12.5 Å². The fourth-order valence-corrected chi connectivity index (χ4v) is 3.80. The number of nitrogens with zero attached hydrogens (tertiary/aromatic N) is 1. The summed E-state index contributed by atoms with van der Waals surface area (Å²) in [5.74, 6) is -0.154. The van der Waals surface area contributed by atoms with Gasteiger partial charge in [0.15, 0.2) is 0 Å². The first-order valence-electron chi connectivity index (χ1n) is 10.6. The Kier molecular flexibility index (Phi) is 6.30. The minimum atomic E-state index is -0.625. The average molecular weight is 425 g/mol. The quantitative estimate of drug-likeness (QED) is 0.677. The molecule has 0 unspecified atom stereocenters. The molecule has 0 radical (unpaired) electrons. The summed E-state index contributed by atoms with van der Waals surface area (Å²) in [4.78, 5) is 27.3. The molecule has 31 heavy (non-hydrogen) atoms. The zero-order chi connectivity index (χ0) is 22.8. The maximum Gasteiger partial charge on any atom is 0.415 e. The highest BCUT2D eigenvalue weighted by Gasteiger charge is 2.44. The third kappa shape index (κ3) is 5.57. The molecule has 2 aromatic rings. The van der Waals surface area contributed by atoms with E-state index < -0.39 is 23.4 Å². The second-order valence-electron chi connectivity index (χ2n) is 9.75. The van der Waals surface area contributed by atoms with Crippen molar-refractivity contribution >= 4 is 17.9 Å². The minimum Gasteiger partial charge on any atom is -0.444 e. The predicted molar refractivity (Wildman–Crippen MR) is 121 cm³/mol. The van der Waals surface area contributed by atoms with E-state index >= 15 is 0 Å². The van der Waals surface area contributed by atoms with Gasteiger partial charge in [0.05, 0.1) is 11.7 Å². The number of rotatable bonds is 3. The topological polar surface area (TPSA) is 67.9 Å². The highest BCUT2D eigenvalue weighted by molar-refractivity contribution is 5.92. The van der Waals surface area contributed by atoms with Gasteiger partial charge in [-0.2, -0.15) is 0 Å². The molecule has 0 saturated heterocycles. The largest absolute Gasteiger partial charge is 0.444 e. The van der Waals surface area contributed by atoms with Gasteiger partial charge in [-0.1, -0.05) is 48.5 Å². The normalized spacial score (nSPS) is 18.3. The van der Waals surface area contributed by atoms with E-state index in [1.165, 1.54) is 0 Å². The van der Waals surface area contributed by atoms with Crippen LogP contribution in [0, 0.1) is 0 Å². The van der Waals surface area contributed by atoms with Crippen molar-refractivity contribution in [3.63, 3.8) is 0 Å². The molecule has 0 bridgehead atoms. The molecule has 1 aliphatic rings. The van der Waals surface area contributed by atoms with Gasteiger partial charge < -0.3 is 14.8 Å². The average Bonchev–Trinajstić information content (AvgIpc) is 2.99. The van der Waals surface area contributed by atoms with E-state index in [2.05, 4.69) is 5.32 Å². The minimum absolute atomic E-state index is 0.154. The zero-order valence-corrected chi connectivity index (χ0v) is 19.1. The van der Waals surface area contributed by atoms with Gasteiger partial charge in [-0.25, -0.2) is 9.59 Å². The lowest BCUT2D eigenvalue weighted by Crippen LogP contribution is -2.40. The number of nitrogens with one attached hydrogen (secondary N) is 1. The smallest absolute Gasteiger partial charge is 0.415 e. The molecule has 2 aromatic carbocycles. The fourth-order valence-electron chi connectivity index (χ4n) is 3.80. The molecule has 6 nitrogen and oxygen atoms in total. The van der Waals surface area contributed by atoms with Crippen molar-refractivity contribution in [3.8, 4) is 0 Å². The van der Waals surface area contributed by atoms with Crippen LogP contribution in [-0.4, -0.2) is 29.9 Å². The molecule has 0 saturated carbocycles. The number of carbonyl (C=O) groups excluding carboxylic acids is 2. The highest BCUT2D eigenvalue weighted by atomic mass is 16.6. The van der Waals surface area contributed by atoms with Crippen LogP contribution in [0.2, 0.25) is 0 Å². The summed E-state index contributed by atoms with van der Waals surface area (Å²) in [6.07, 6.45) is -0.888. The first kappa shape index (κ1) is 22.7. The summed E-state index contributed by atoms with van der Waals surface area (Å²) in [5, 5.41) is 2.89. The van der Waals surface area contributed by atoms with E-state index in [4.69, 9.17) is 9.47 Å². The van der Waals surface area contributed by atoms with Gasteiger partial charge in [0.1, 0.15) is 11.2 Å². The molecule has 2 amide bonds. The van der Waals surface area contributed by atoms with Gasteiger partial charge in [-0.05, 0) is 58.7 Å². The van der Waals surface area contributed by atoms with Crippen molar-refractivity contribution in [2.75, 3.05) is 11.4 Å². The van der Waals surface area contributed by atoms with Gasteiger partial charge in [-0.15, -0.1) is 0 Å². The lowest BCUT2D eigenvalue weighted by Gasteiger charge is -2.31. The number of hydrogen-bond donors (Lipinski definition) is 1. The van der Waals surface area contributed by atoms with E-state index in [-0.39, 0.29) is 12.0 Å². The van der Waals surface area contributed by atoms with E-state index in [0.29, 0.717) is 6.54 Å². The Labute approximate surface area is 184 Å². The number of alkyl carbamates (subject to hydrolysis) is 1. The van der Waals surface area contributed by atoms with Gasteiger partial charge in [0.25, 0.3) is 0 Å². The third-order valence-electron chi connectivity index (χ3n) is 4.85. The van der Waals surface area contributed by atoms with Crippen molar-refractivity contribution in [1.29, 1.82) is 0 Å². The van der Waals surface area contributed by atoms with Gasteiger partial charge in [-0.3, -0.25) is 4.90 Å². The number of fused-ring (bicyclic) bond motifs is 1. The van der Waals surface area contributed by atoms with E-state index in [1.54, 1.807) is 4.90 Å². The fraction of sp³-hybridized carbons (Fsp3) is 0.440. The molecule has 1 N–H and O–H groups in total. The standard InChI is InChI=1S/C25H32N2O4/c1-24(2,3)30-22(28)26-16-19-18-14-10-11-15-20(18)27(23(29)31-25(4,5)6)21(19)17-12-8-7-9-13-17/h7-15,19,21H,16H2,1-6H3,(H,26,28)/t19-,21-/m0/s1. The van der Waals surface area contributed by atoms with Crippen LogP contribution in [0.4, 0.5) is 15.3 Å². The SMILES string of the molecule is CC(C)(C)OC(=O)NC[C@H]1c2ccccc2N(C(=O)OC(C)(C)C)[C@H]1c1ccccc1. The van der Waals surface area contributed by atoms with E-state index in [9.17, 15) is 9.59 Å². The number of anilines is 1. The van der Waals surface area contributed by atoms with Crippen LogP contribution < -0.4 is 10.2 Å². The van der Waals surface area contributed by atoms with Crippen molar-refractivity contribution in [1.82, 2.24) is 5.32 Å². The summed E-state index contributed by atoms with van der Waals surface area (Å²) < 4.78 is 11.2. The summed E-state index contributed by atoms with van der Waals surface area (Å²) in [6, 6.07) is 17.3.